The van der Waals surface area contributed by atoms with Crippen LogP contribution in [0.2, 0.25) is 0 Å². The molecule has 0 saturated carbocycles. The number of likely N-dealkylation sites (N-methyl/N-ethyl adjacent to an activating group) is 4. The molecule has 2 heterocycles. The standard InChI is InChI=1S/C46H76N6O7/c1-16-19-20-21-24-33(11)41(54)47(12)37(29(4)5)44(57)50(15)40(32(10)17-2)45(58)48(13)38(30(6)7)43(56)49(14)39(31(8)9)46(59)52-28-23-26-35(52)42(55)51-27-22-25-34(51)36(53)18-3/h1,24,29-32,34-35,37-40H,17-23,25-28H2,2-15H3/b33-24+/t32-,34-,35-,37-,38-,39-,40-/m0/s1. The lowest BCUT2D eigenvalue weighted by molar-refractivity contribution is -0.158. The lowest BCUT2D eigenvalue weighted by Crippen LogP contribution is -2.62. The Morgan fingerprint density at radius 2 is 1.14 bits per heavy atom. The maximum absolute atomic E-state index is 14.7. The molecule has 13 nitrogen and oxygen atoms in total. The van der Waals surface area contributed by atoms with Crippen molar-refractivity contribution in [2.45, 2.75) is 163 Å². The van der Waals surface area contributed by atoms with Gasteiger partial charge in [0.1, 0.15) is 30.2 Å². The topological polar surface area (TPSA) is 139 Å². The van der Waals surface area contributed by atoms with Crippen LogP contribution < -0.4 is 0 Å². The van der Waals surface area contributed by atoms with E-state index in [-0.39, 0.29) is 53.1 Å². The monoisotopic (exact) mass is 825 g/mol. The van der Waals surface area contributed by atoms with Crippen molar-refractivity contribution < 1.29 is 33.6 Å². The molecule has 2 aliphatic rings. The normalized spacial score (nSPS) is 19.6. The maximum Gasteiger partial charge on any atom is 0.249 e. The van der Waals surface area contributed by atoms with Crippen LogP contribution in [-0.4, -0.2) is 148 Å². The molecule has 7 atom stereocenters. The molecular formula is C46H76N6O7. The van der Waals surface area contributed by atoms with Gasteiger partial charge in [0.05, 0.1) is 6.04 Å². The average molecular weight is 825 g/mol. The minimum atomic E-state index is -0.981. The molecule has 0 spiro atoms. The first-order valence-electron chi connectivity index (χ1n) is 21.9. The molecule has 6 amide bonds. The number of nitrogens with zero attached hydrogens (tertiary/aromatic N) is 6. The number of likely N-dealkylation sites (tertiary alicyclic amines) is 2. The molecule has 2 aliphatic heterocycles. The molecule has 0 aromatic heterocycles. The Morgan fingerprint density at radius 1 is 0.678 bits per heavy atom. The summed E-state index contributed by atoms with van der Waals surface area (Å²) >= 11 is 0. The van der Waals surface area contributed by atoms with Gasteiger partial charge in [-0.15, -0.1) is 12.3 Å². The van der Waals surface area contributed by atoms with E-state index in [0.29, 0.717) is 63.6 Å². The van der Waals surface area contributed by atoms with Crippen LogP contribution in [0, 0.1) is 36.0 Å². The van der Waals surface area contributed by atoms with E-state index >= 15 is 0 Å². The number of hydrogen-bond acceptors (Lipinski definition) is 7. The largest absolute Gasteiger partial charge is 0.332 e. The third-order valence-corrected chi connectivity index (χ3v) is 12.5. The number of amides is 6. The lowest BCUT2D eigenvalue weighted by atomic mass is 9.92. The predicted octanol–water partition coefficient (Wildman–Crippen LogP) is 5.02. The van der Waals surface area contributed by atoms with E-state index in [4.69, 9.17) is 6.42 Å². The molecule has 0 aromatic carbocycles. The lowest BCUT2D eigenvalue weighted by Gasteiger charge is -2.42. The van der Waals surface area contributed by atoms with E-state index in [1.165, 1.54) is 19.6 Å². The first kappa shape index (κ1) is 50.9. The van der Waals surface area contributed by atoms with Crippen LogP contribution in [-0.2, 0) is 33.6 Å². The summed E-state index contributed by atoms with van der Waals surface area (Å²) in [5.74, 6) is -0.706. The fourth-order valence-corrected chi connectivity index (χ4v) is 9.01. The highest BCUT2D eigenvalue weighted by Gasteiger charge is 2.47. The van der Waals surface area contributed by atoms with E-state index in [1.807, 2.05) is 61.5 Å². The van der Waals surface area contributed by atoms with Gasteiger partial charge in [-0.25, -0.2) is 0 Å². The van der Waals surface area contributed by atoms with Gasteiger partial charge in [0, 0.05) is 59.7 Å². The number of allylic oxidation sites excluding steroid dienone is 1. The molecule has 0 N–H and O–H groups in total. The molecular weight excluding hydrogens is 749 g/mol. The third kappa shape index (κ3) is 12.0. The second kappa shape index (κ2) is 23.0. The van der Waals surface area contributed by atoms with E-state index in [0.717, 1.165) is 12.8 Å². The van der Waals surface area contributed by atoms with Crippen molar-refractivity contribution in [3.05, 3.63) is 11.6 Å². The van der Waals surface area contributed by atoms with Crippen molar-refractivity contribution in [1.82, 2.24) is 29.4 Å². The van der Waals surface area contributed by atoms with Gasteiger partial charge in [-0.1, -0.05) is 74.8 Å². The number of ketones is 1. The summed E-state index contributed by atoms with van der Waals surface area (Å²) in [6, 6.07) is -4.89. The summed E-state index contributed by atoms with van der Waals surface area (Å²) in [6.07, 6.45) is 12.6. The van der Waals surface area contributed by atoms with Gasteiger partial charge >= 0.3 is 0 Å². The van der Waals surface area contributed by atoms with Crippen LogP contribution in [0.3, 0.4) is 0 Å². The van der Waals surface area contributed by atoms with Gasteiger partial charge in [0.15, 0.2) is 5.78 Å². The first-order chi connectivity index (χ1) is 27.6. The van der Waals surface area contributed by atoms with Crippen molar-refractivity contribution in [2.24, 2.45) is 23.7 Å². The number of unbranched alkanes of at least 4 members (excludes halogenated alkanes) is 2. The smallest absolute Gasteiger partial charge is 0.249 e. The van der Waals surface area contributed by atoms with Crippen molar-refractivity contribution in [3.8, 4) is 12.3 Å². The van der Waals surface area contributed by atoms with Crippen molar-refractivity contribution >= 4 is 41.2 Å². The average Bonchev–Trinajstić information content (AvgIpc) is 3.89. The number of carbonyl (C=O) groups is 7. The van der Waals surface area contributed by atoms with Gasteiger partial charge in [-0.3, -0.25) is 33.6 Å². The Morgan fingerprint density at radius 3 is 1.63 bits per heavy atom. The van der Waals surface area contributed by atoms with Crippen LogP contribution in [0.5, 0.6) is 0 Å². The number of rotatable bonds is 20. The SMILES string of the molecule is C#CCCC/C=C(\C)C(=O)N(C)[C@H](C(=O)N(C)[C@H](C(=O)N(C)[C@H](C(=O)N(C)[C@H](C(=O)N1CCC[C@H]1C(=O)N1CCC[C@H]1C(=O)CC)C(C)C)C(C)C)[C@@H](C)CC)C(C)C. The number of terminal acetylenes is 1. The van der Waals surface area contributed by atoms with E-state index in [1.54, 1.807) is 51.8 Å². The molecule has 332 valence electrons. The van der Waals surface area contributed by atoms with Crippen LogP contribution >= 0.6 is 0 Å². The van der Waals surface area contributed by atoms with Gasteiger partial charge in [-0.2, -0.15) is 0 Å². The summed E-state index contributed by atoms with van der Waals surface area (Å²) < 4.78 is 0. The first-order valence-corrected chi connectivity index (χ1v) is 21.9. The fraction of sp³-hybridized carbons (Fsp3) is 0.761. The molecule has 59 heavy (non-hydrogen) atoms. The molecule has 0 aromatic rings. The molecule has 0 unspecified atom stereocenters. The summed E-state index contributed by atoms with van der Waals surface area (Å²) in [7, 11) is 6.34. The van der Waals surface area contributed by atoms with Crippen LogP contribution in [0.25, 0.3) is 0 Å². The Labute approximate surface area is 355 Å². The summed E-state index contributed by atoms with van der Waals surface area (Å²) in [4.78, 5) is 107. The molecule has 13 heteroatoms. The van der Waals surface area contributed by atoms with Crippen molar-refractivity contribution in [1.29, 1.82) is 0 Å². The second-order valence-corrected chi connectivity index (χ2v) is 17.8. The van der Waals surface area contributed by atoms with Gasteiger partial charge in [0.2, 0.25) is 35.4 Å². The van der Waals surface area contributed by atoms with Crippen LogP contribution in [0.15, 0.2) is 11.6 Å². The zero-order chi connectivity index (χ0) is 45.0. The Balaban J connectivity index is 2.42. The van der Waals surface area contributed by atoms with E-state index in [9.17, 15) is 33.6 Å². The summed E-state index contributed by atoms with van der Waals surface area (Å²) in [6.45, 7) is 19.3. The highest BCUT2D eigenvalue weighted by molar-refractivity contribution is 5.99. The van der Waals surface area contributed by atoms with Crippen LogP contribution in [0.4, 0.5) is 0 Å². The minimum absolute atomic E-state index is 0.0231. The third-order valence-electron chi connectivity index (χ3n) is 12.5. The maximum atomic E-state index is 14.7. The zero-order valence-corrected chi connectivity index (χ0v) is 38.7. The number of hydrogen-bond donors (Lipinski definition) is 0. The molecule has 0 aliphatic carbocycles. The zero-order valence-electron chi connectivity index (χ0n) is 38.7. The Kier molecular flexibility index (Phi) is 19.8. The van der Waals surface area contributed by atoms with Gasteiger partial charge < -0.3 is 29.4 Å². The molecule has 0 radical (unpaired) electrons. The molecule has 2 fully saturated rings. The van der Waals surface area contributed by atoms with Gasteiger partial charge in [0.25, 0.3) is 0 Å². The quantitative estimate of drug-likeness (QED) is 0.0956. The molecule has 2 saturated heterocycles. The van der Waals surface area contributed by atoms with Gasteiger partial charge in [-0.05, 0) is 69.1 Å². The Bertz CT molecular complexity index is 1580. The highest BCUT2D eigenvalue weighted by Crippen LogP contribution is 2.29. The second-order valence-electron chi connectivity index (χ2n) is 17.8. The van der Waals surface area contributed by atoms with E-state index in [2.05, 4.69) is 5.92 Å². The van der Waals surface area contributed by atoms with E-state index < -0.39 is 48.1 Å². The summed E-state index contributed by atoms with van der Waals surface area (Å²) in [5, 5.41) is 0. The van der Waals surface area contributed by atoms with Crippen molar-refractivity contribution in [2.75, 3.05) is 41.3 Å². The Hall–Kier alpha value is -4.21. The summed E-state index contributed by atoms with van der Waals surface area (Å²) in [5.41, 5.74) is 0.510. The number of Topliss-reactive ketones (excluding diaryl/α,β-unsaturated/α-hetero) is 1. The van der Waals surface area contributed by atoms with Crippen LogP contribution in [0.1, 0.15) is 127 Å². The predicted molar refractivity (Wildman–Crippen MR) is 231 cm³/mol. The minimum Gasteiger partial charge on any atom is -0.332 e. The number of carbonyl (C=O) groups excluding carboxylic acids is 7. The molecule has 0 bridgehead atoms. The highest BCUT2D eigenvalue weighted by atomic mass is 16.2. The van der Waals surface area contributed by atoms with Crippen molar-refractivity contribution in [3.63, 3.8) is 0 Å². The fourth-order valence-electron chi connectivity index (χ4n) is 9.01. The molecule has 2 rings (SSSR count).